The first-order chi connectivity index (χ1) is 8.04. The average molecular weight is 235 g/mol. The molecule has 5 heteroatoms. The normalized spacial score (nSPS) is 24.2. The second kappa shape index (κ2) is 4.18. The van der Waals surface area contributed by atoms with E-state index in [9.17, 15) is 14.7 Å². The van der Waals surface area contributed by atoms with Gasteiger partial charge in [-0.1, -0.05) is 29.8 Å². The molecule has 0 bridgehead atoms. The molecule has 2 N–H and O–H groups in total. The Morgan fingerprint density at radius 2 is 2.06 bits per heavy atom. The maximum Gasteiger partial charge on any atom is 0.336 e. The Kier molecular flexibility index (Phi) is 2.85. The third-order valence-corrected chi connectivity index (χ3v) is 2.81. The Hall–Kier alpha value is -1.88. The van der Waals surface area contributed by atoms with Crippen molar-refractivity contribution in [1.82, 2.24) is 5.32 Å². The van der Waals surface area contributed by atoms with Crippen LogP contribution in [0.1, 0.15) is 11.1 Å². The molecule has 5 nitrogen and oxygen atoms in total. The molecule has 0 aromatic heterocycles. The summed E-state index contributed by atoms with van der Waals surface area (Å²) in [5.41, 5.74) is 0.0734. The van der Waals surface area contributed by atoms with Crippen molar-refractivity contribution in [3.05, 3.63) is 35.4 Å². The van der Waals surface area contributed by atoms with E-state index in [0.717, 1.165) is 5.56 Å². The minimum atomic E-state index is -1.47. The van der Waals surface area contributed by atoms with Crippen LogP contribution in [0.15, 0.2) is 24.3 Å². The number of rotatable bonds is 2. The van der Waals surface area contributed by atoms with E-state index in [2.05, 4.69) is 5.32 Å². The van der Waals surface area contributed by atoms with Crippen molar-refractivity contribution in [2.24, 2.45) is 0 Å². The van der Waals surface area contributed by atoms with Crippen LogP contribution in [0.4, 0.5) is 0 Å². The van der Waals surface area contributed by atoms with E-state index >= 15 is 0 Å². The summed E-state index contributed by atoms with van der Waals surface area (Å²) in [4.78, 5) is 22.7. The minimum Gasteiger partial charge on any atom is -0.479 e. The van der Waals surface area contributed by atoms with Gasteiger partial charge < -0.3 is 15.2 Å². The third kappa shape index (κ3) is 2.01. The second-order valence-corrected chi connectivity index (χ2v) is 4.12. The number of carbonyl (C=O) groups is 2. The lowest BCUT2D eigenvalue weighted by molar-refractivity contribution is -0.158. The number of benzene rings is 1. The molecule has 1 atom stereocenters. The van der Waals surface area contributed by atoms with E-state index < -0.39 is 17.4 Å². The number of aliphatic carboxylic acids is 1. The van der Waals surface area contributed by atoms with Crippen molar-refractivity contribution in [2.45, 2.75) is 12.5 Å². The molecule has 1 amide bonds. The van der Waals surface area contributed by atoms with Gasteiger partial charge in [0.1, 0.15) is 6.61 Å². The van der Waals surface area contributed by atoms with Gasteiger partial charge in [0.05, 0.1) is 6.61 Å². The smallest absolute Gasteiger partial charge is 0.336 e. The fourth-order valence-electron chi connectivity index (χ4n) is 1.84. The molecular weight excluding hydrogens is 222 g/mol. The average Bonchev–Trinajstić information content (AvgIpc) is 2.29. The van der Waals surface area contributed by atoms with Crippen LogP contribution in [0.2, 0.25) is 0 Å². The molecule has 0 spiro atoms. The van der Waals surface area contributed by atoms with Crippen molar-refractivity contribution >= 4 is 11.9 Å². The highest BCUT2D eigenvalue weighted by molar-refractivity contribution is 5.89. The van der Waals surface area contributed by atoms with Crippen LogP contribution in [-0.2, 0) is 19.9 Å². The Labute approximate surface area is 98.4 Å². The van der Waals surface area contributed by atoms with Gasteiger partial charge in [-0.3, -0.25) is 4.79 Å². The molecule has 1 heterocycles. The maximum atomic E-state index is 11.4. The first-order valence-electron chi connectivity index (χ1n) is 5.24. The fourth-order valence-corrected chi connectivity index (χ4v) is 1.84. The number of hydrogen-bond donors (Lipinski definition) is 2. The van der Waals surface area contributed by atoms with Crippen molar-refractivity contribution in [3.8, 4) is 0 Å². The molecule has 1 aromatic carbocycles. The molecule has 0 saturated carbocycles. The quantitative estimate of drug-likeness (QED) is 0.779. The summed E-state index contributed by atoms with van der Waals surface area (Å²) in [6.07, 6.45) is 0. The summed E-state index contributed by atoms with van der Waals surface area (Å²) in [6, 6.07) is 7.00. The van der Waals surface area contributed by atoms with Gasteiger partial charge >= 0.3 is 5.97 Å². The van der Waals surface area contributed by atoms with E-state index in [-0.39, 0.29) is 13.2 Å². The molecule has 1 aliphatic rings. The summed E-state index contributed by atoms with van der Waals surface area (Å²) in [5.74, 6) is -1.53. The van der Waals surface area contributed by atoms with Gasteiger partial charge in [0, 0.05) is 0 Å². The molecule has 0 aliphatic carbocycles. The Morgan fingerprint density at radius 1 is 1.41 bits per heavy atom. The summed E-state index contributed by atoms with van der Waals surface area (Å²) in [5, 5.41) is 11.8. The SMILES string of the molecule is Cc1ccc(C2(C(=O)O)COCC(=O)N2)cc1. The van der Waals surface area contributed by atoms with Crippen LogP contribution in [0.3, 0.4) is 0 Å². The first-order valence-corrected chi connectivity index (χ1v) is 5.24. The van der Waals surface area contributed by atoms with Crippen LogP contribution in [0.5, 0.6) is 0 Å². The largest absolute Gasteiger partial charge is 0.479 e. The van der Waals surface area contributed by atoms with Crippen LogP contribution < -0.4 is 5.32 Å². The number of aryl methyl sites for hydroxylation is 1. The van der Waals surface area contributed by atoms with Gasteiger partial charge in [-0.05, 0) is 12.5 Å². The molecule has 0 radical (unpaired) electrons. The van der Waals surface area contributed by atoms with Gasteiger partial charge in [0.2, 0.25) is 5.91 Å². The van der Waals surface area contributed by atoms with E-state index in [1.165, 1.54) is 0 Å². The van der Waals surface area contributed by atoms with Crippen LogP contribution in [0.25, 0.3) is 0 Å². The predicted octanol–water partition coefficient (Wildman–Crippen LogP) is 0.421. The number of carbonyl (C=O) groups excluding carboxylic acids is 1. The minimum absolute atomic E-state index is 0.0584. The van der Waals surface area contributed by atoms with Crippen molar-refractivity contribution in [1.29, 1.82) is 0 Å². The second-order valence-electron chi connectivity index (χ2n) is 4.12. The van der Waals surface area contributed by atoms with E-state index in [0.29, 0.717) is 5.56 Å². The highest BCUT2D eigenvalue weighted by Crippen LogP contribution is 2.25. The Bertz CT molecular complexity index is 454. The highest BCUT2D eigenvalue weighted by atomic mass is 16.5. The zero-order valence-electron chi connectivity index (χ0n) is 9.40. The van der Waals surface area contributed by atoms with E-state index in [1.54, 1.807) is 24.3 Å². The van der Waals surface area contributed by atoms with Gasteiger partial charge in [-0.15, -0.1) is 0 Å². The third-order valence-electron chi connectivity index (χ3n) is 2.81. The summed E-state index contributed by atoms with van der Waals surface area (Å²) in [6.45, 7) is 1.76. The number of hydrogen-bond acceptors (Lipinski definition) is 3. The molecule has 1 aliphatic heterocycles. The molecule has 1 aromatic rings. The number of ether oxygens (including phenoxy) is 1. The first kappa shape index (κ1) is 11.6. The summed E-state index contributed by atoms with van der Waals surface area (Å²) < 4.78 is 5.05. The van der Waals surface area contributed by atoms with Gasteiger partial charge in [0.25, 0.3) is 0 Å². The zero-order valence-corrected chi connectivity index (χ0v) is 9.40. The van der Waals surface area contributed by atoms with Gasteiger partial charge in [0.15, 0.2) is 5.54 Å². The van der Waals surface area contributed by atoms with Crippen molar-refractivity contribution < 1.29 is 19.4 Å². The van der Waals surface area contributed by atoms with Crippen molar-refractivity contribution in [3.63, 3.8) is 0 Å². The Morgan fingerprint density at radius 3 is 2.59 bits per heavy atom. The van der Waals surface area contributed by atoms with Crippen LogP contribution in [-0.4, -0.2) is 30.2 Å². The zero-order chi connectivity index (χ0) is 12.5. The lowest BCUT2D eigenvalue weighted by atomic mass is 9.89. The molecule has 1 unspecified atom stereocenters. The predicted molar refractivity (Wildman–Crippen MR) is 59.5 cm³/mol. The number of carboxylic acid groups (broad SMARTS) is 1. The molecule has 1 saturated heterocycles. The van der Waals surface area contributed by atoms with E-state index in [4.69, 9.17) is 4.74 Å². The number of morpholine rings is 1. The molecule has 2 rings (SSSR count). The fraction of sp³-hybridized carbons (Fsp3) is 0.333. The lowest BCUT2D eigenvalue weighted by Gasteiger charge is -2.34. The van der Waals surface area contributed by atoms with Crippen LogP contribution >= 0.6 is 0 Å². The number of nitrogens with one attached hydrogen (secondary N) is 1. The monoisotopic (exact) mass is 235 g/mol. The summed E-state index contributed by atoms with van der Waals surface area (Å²) >= 11 is 0. The standard InChI is InChI=1S/C12H13NO4/c1-8-2-4-9(5-3-8)12(11(15)16)7-17-6-10(14)13-12/h2-5H,6-7H2,1H3,(H,13,14)(H,15,16). The molecule has 90 valence electrons. The van der Waals surface area contributed by atoms with Gasteiger partial charge in [-0.2, -0.15) is 0 Å². The number of carboxylic acids is 1. The van der Waals surface area contributed by atoms with Gasteiger partial charge in [-0.25, -0.2) is 4.79 Å². The topological polar surface area (TPSA) is 75.6 Å². The van der Waals surface area contributed by atoms with E-state index in [1.807, 2.05) is 6.92 Å². The molecule has 1 fully saturated rings. The summed E-state index contributed by atoms with van der Waals surface area (Å²) in [7, 11) is 0. The van der Waals surface area contributed by atoms with Crippen LogP contribution in [0, 0.1) is 6.92 Å². The Balaban J connectivity index is 2.43. The number of amides is 1. The van der Waals surface area contributed by atoms with Crippen molar-refractivity contribution in [2.75, 3.05) is 13.2 Å². The highest BCUT2D eigenvalue weighted by Gasteiger charge is 2.44. The molecule has 17 heavy (non-hydrogen) atoms. The molecular formula is C12H13NO4. The maximum absolute atomic E-state index is 11.4. The lowest BCUT2D eigenvalue weighted by Crippen LogP contribution is -2.59.